The minimum atomic E-state index is -0.268. The minimum Gasteiger partial charge on any atom is -0.394 e. The van der Waals surface area contributed by atoms with Gasteiger partial charge in [-0.15, -0.1) is 0 Å². The maximum Gasteiger partial charge on any atom is 0.0624 e. The van der Waals surface area contributed by atoms with Gasteiger partial charge in [-0.2, -0.15) is 0 Å². The van der Waals surface area contributed by atoms with E-state index in [2.05, 4.69) is 5.32 Å². The molecule has 0 aliphatic carbocycles. The molecule has 66 valence electrons. The van der Waals surface area contributed by atoms with Crippen molar-refractivity contribution in [3.8, 4) is 0 Å². The molecule has 4 N–H and O–H groups in total. The Balaban J connectivity index is 2.77. The van der Waals surface area contributed by atoms with Crippen molar-refractivity contribution in [3.63, 3.8) is 0 Å². The third-order valence-corrected chi connectivity index (χ3v) is 1.82. The fourth-order valence-corrected chi connectivity index (χ4v) is 1.00. The second-order valence-electron chi connectivity index (χ2n) is 2.66. The van der Waals surface area contributed by atoms with Crippen LogP contribution in [0.1, 0.15) is 11.6 Å². The predicted octanol–water partition coefficient (Wildman–Crippen LogP) is 0.720. The zero-order chi connectivity index (χ0) is 8.97. The third kappa shape index (κ3) is 1.96. The number of hydrogen-bond acceptors (Lipinski definition) is 3. The molecule has 3 heteroatoms. The van der Waals surface area contributed by atoms with Crippen LogP contribution in [-0.2, 0) is 0 Å². The molecule has 12 heavy (non-hydrogen) atoms. The van der Waals surface area contributed by atoms with Gasteiger partial charge in [-0.05, 0) is 17.7 Å². The zero-order valence-electron chi connectivity index (χ0n) is 7.12. The van der Waals surface area contributed by atoms with Gasteiger partial charge in [-0.25, -0.2) is 0 Å². The Labute approximate surface area is 72.2 Å². The molecule has 1 aromatic rings. The van der Waals surface area contributed by atoms with E-state index < -0.39 is 0 Å². The van der Waals surface area contributed by atoms with Gasteiger partial charge in [0.15, 0.2) is 0 Å². The van der Waals surface area contributed by atoms with Crippen molar-refractivity contribution in [3.05, 3.63) is 29.8 Å². The van der Waals surface area contributed by atoms with Gasteiger partial charge in [0.25, 0.3) is 0 Å². The summed E-state index contributed by atoms with van der Waals surface area (Å²) in [4.78, 5) is 0. The van der Waals surface area contributed by atoms with Crippen molar-refractivity contribution >= 4 is 5.69 Å². The monoisotopic (exact) mass is 166 g/mol. The summed E-state index contributed by atoms with van der Waals surface area (Å²) >= 11 is 0. The lowest BCUT2D eigenvalue weighted by Crippen LogP contribution is -2.14. The molecule has 1 rings (SSSR count). The molecule has 0 radical (unpaired) electrons. The topological polar surface area (TPSA) is 58.3 Å². The highest BCUT2D eigenvalue weighted by Gasteiger charge is 2.02. The number of aliphatic hydroxyl groups excluding tert-OH is 1. The Bertz CT molecular complexity index is 233. The quantitative estimate of drug-likeness (QED) is 0.620. The van der Waals surface area contributed by atoms with Crippen molar-refractivity contribution < 1.29 is 5.11 Å². The summed E-state index contributed by atoms with van der Waals surface area (Å²) in [5.74, 6) is 0. The SMILES string of the molecule is CNc1ccc([C@H](N)CO)cc1. The molecule has 0 bridgehead atoms. The molecular formula is C9H14N2O. The van der Waals surface area contributed by atoms with Gasteiger partial charge in [0.2, 0.25) is 0 Å². The molecule has 0 spiro atoms. The highest BCUT2D eigenvalue weighted by atomic mass is 16.3. The van der Waals surface area contributed by atoms with Gasteiger partial charge in [0.05, 0.1) is 12.6 Å². The average Bonchev–Trinajstić information content (AvgIpc) is 2.17. The fourth-order valence-electron chi connectivity index (χ4n) is 1.00. The first kappa shape index (κ1) is 9.03. The lowest BCUT2D eigenvalue weighted by molar-refractivity contribution is 0.268. The molecule has 0 saturated heterocycles. The van der Waals surface area contributed by atoms with E-state index in [1.54, 1.807) is 0 Å². The Hall–Kier alpha value is -1.06. The van der Waals surface area contributed by atoms with E-state index in [0.29, 0.717) is 0 Å². The molecule has 0 aliphatic heterocycles. The molecule has 0 aliphatic rings. The van der Waals surface area contributed by atoms with Gasteiger partial charge in [-0.1, -0.05) is 12.1 Å². The van der Waals surface area contributed by atoms with Crippen LogP contribution in [0.5, 0.6) is 0 Å². The normalized spacial score (nSPS) is 12.6. The van der Waals surface area contributed by atoms with Crippen LogP contribution < -0.4 is 11.1 Å². The zero-order valence-corrected chi connectivity index (χ0v) is 7.12. The van der Waals surface area contributed by atoms with Gasteiger partial charge >= 0.3 is 0 Å². The highest BCUT2D eigenvalue weighted by molar-refractivity contribution is 5.44. The molecule has 0 unspecified atom stereocenters. The Morgan fingerprint density at radius 1 is 1.42 bits per heavy atom. The Morgan fingerprint density at radius 3 is 2.42 bits per heavy atom. The molecule has 1 atom stereocenters. The maximum atomic E-state index is 8.77. The van der Waals surface area contributed by atoms with Crippen LogP contribution in [0.3, 0.4) is 0 Å². The van der Waals surface area contributed by atoms with Gasteiger partial charge in [0.1, 0.15) is 0 Å². The van der Waals surface area contributed by atoms with Crippen molar-refractivity contribution in [2.75, 3.05) is 19.0 Å². The second-order valence-corrected chi connectivity index (χ2v) is 2.66. The minimum absolute atomic E-state index is 0.0150. The summed E-state index contributed by atoms with van der Waals surface area (Å²) in [5.41, 5.74) is 7.62. The predicted molar refractivity (Wildman–Crippen MR) is 50.0 cm³/mol. The van der Waals surface area contributed by atoms with Crippen molar-refractivity contribution in [1.29, 1.82) is 0 Å². The molecule has 0 amide bonds. The standard InChI is InChI=1S/C9H14N2O/c1-11-8-4-2-7(3-5-8)9(10)6-12/h2-5,9,11-12H,6,10H2,1H3/t9-/m1/s1. The lowest BCUT2D eigenvalue weighted by atomic mass is 10.1. The number of rotatable bonds is 3. The van der Waals surface area contributed by atoms with Gasteiger partial charge in [0, 0.05) is 12.7 Å². The number of anilines is 1. The molecule has 0 aromatic heterocycles. The number of nitrogens with two attached hydrogens (primary N) is 1. The summed E-state index contributed by atoms with van der Waals surface area (Å²) in [6.45, 7) is -0.0150. The maximum absolute atomic E-state index is 8.77. The summed E-state index contributed by atoms with van der Waals surface area (Å²) in [6.07, 6.45) is 0. The summed E-state index contributed by atoms with van der Waals surface area (Å²) in [6, 6.07) is 7.42. The summed E-state index contributed by atoms with van der Waals surface area (Å²) < 4.78 is 0. The van der Waals surface area contributed by atoms with Crippen LogP contribution in [0, 0.1) is 0 Å². The van der Waals surface area contributed by atoms with E-state index in [-0.39, 0.29) is 12.6 Å². The smallest absolute Gasteiger partial charge is 0.0624 e. The van der Waals surface area contributed by atoms with Gasteiger partial charge < -0.3 is 16.2 Å². The van der Waals surface area contributed by atoms with Crippen LogP contribution in [0.15, 0.2) is 24.3 Å². The first-order valence-corrected chi connectivity index (χ1v) is 3.92. The molecule has 0 heterocycles. The van der Waals surface area contributed by atoms with Crippen molar-refractivity contribution in [1.82, 2.24) is 0 Å². The average molecular weight is 166 g/mol. The lowest BCUT2D eigenvalue weighted by Gasteiger charge is -2.08. The molecule has 0 fully saturated rings. The van der Waals surface area contributed by atoms with E-state index in [9.17, 15) is 0 Å². The fraction of sp³-hybridized carbons (Fsp3) is 0.333. The molecule has 3 nitrogen and oxygen atoms in total. The first-order valence-electron chi connectivity index (χ1n) is 3.92. The van der Waals surface area contributed by atoms with Crippen LogP contribution >= 0.6 is 0 Å². The Kier molecular flexibility index (Phi) is 3.08. The number of nitrogens with one attached hydrogen (secondary N) is 1. The van der Waals surface area contributed by atoms with Crippen LogP contribution in [-0.4, -0.2) is 18.8 Å². The van der Waals surface area contributed by atoms with Gasteiger partial charge in [-0.3, -0.25) is 0 Å². The summed E-state index contributed by atoms with van der Waals surface area (Å²) in [7, 11) is 1.86. The molecule has 1 aromatic carbocycles. The molecular weight excluding hydrogens is 152 g/mol. The largest absolute Gasteiger partial charge is 0.394 e. The first-order chi connectivity index (χ1) is 5.77. The van der Waals surface area contributed by atoms with Crippen LogP contribution in [0.25, 0.3) is 0 Å². The van der Waals surface area contributed by atoms with Crippen LogP contribution in [0.2, 0.25) is 0 Å². The van der Waals surface area contributed by atoms with E-state index in [4.69, 9.17) is 10.8 Å². The number of benzene rings is 1. The number of hydrogen-bond donors (Lipinski definition) is 3. The summed E-state index contributed by atoms with van der Waals surface area (Å²) in [5, 5.41) is 11.8. The van der Waals surface area contributed by atoms with Crippen molar-refractivity contribution in [2.24, 2.45) is 5.73 Å². The highest BCUT2D eigenvalue weighted by Crippen LogP contribution is 2.13. The van der Waals surface area contributed by atoms with E-state index >= 15 is 0 Å². The van der Waals surface area contributed by atoms with E-state index in [1.165, 1.54) is 0 Å². The Morgan fingerprint density at radius 2 is 2.00 bits per heavy atom. The van der Waals surface area contributed by atoms with Crippen molar-refractivity contribution in [2.45, 2.75) is 6.04 Å². The second kappa shape index (κ2) is 4.09. The number of aliphatic hydroxyl groups is 1. The van der Waals surface area contributed by atoms with Crippen LogP contribution in [0.4, 0.5) is 5.69 Å². The third-order valence-electron chi connectivity index (χ3n) is 1.82. The molecule has 0 saturated carbocycles. The van der Waals surface area contributed by atoms with E-state index in [0.717, 1.165) is 11.3 Å². The van der Waals surface area contributed by atoms with E-state index in [1.807, 2.05) is 31.3 Å².